The van der Waals surface area contributed by atoms with Crippen LogP contribution in [0.5, 0.6) is 0 Å². The Balaban J connectivity index is 2.75. The second-order valence-electron chi connectivity index (χ2n) is 1.41. The van der Waals surface area contributed by atoms with Gasteiger partial charge in [-0.15, -0.1) is 0 Å². The van der Waals surface area contributed by atoms with Crippen molar-refractivity contribution >= 4 is 23.4 Å². The third kappa shape index (κ3) is 3.04. The van der Waals surface area contributed by atoms with Gasteiger partial charge in [0, 0.05) is 0 Å². The van der Waals surface area contributed by atoms with Gasteiger partial charge in [-0.25, -0.2) is 0 Å². The summed E-state index contributed by atoms with van der Waals surface area (Å²) in [6.45, 7) is 4.36. The summed E-state index contributed by atoms with van der Waals surface area (Å²) in [6.07, 6.45) is 0. The fraction of sp³-hybridized carbons (Fsp3) is 1.00. The molecule has 2 heteroatoms. The van der Waals surface area contributed by atoms with E-state index in [0.717, 1.165) is 0 Å². The van der Waals surface area contributed by atoms with Crippen molar-refractivity contribution in [3.63, 3.8) is 0 Å². The third-order valence-electron chi connectivity index (χ3n) is 0.886. The van der Waals surface area contributed by atoms with Crippen molar-refractivity contribution in [3.8, 4) is 0 Å². The zero-order valence-corrected chi connectivity index (χ0v) is 7.55. The molecule has 0 atom stereocenters. The van der Waals surface area contributed by atoms with E-state index in [1.807, 2.05) is 0 Å². The molecule has 0 spiro atoms. The molecular weight excluding hydrogens is 156 g/mol. The summed E-state index contributed by atoms with van der Waals surface area (Å²) < 4.78 is 0. The zero-order chi connectivity index (χ0) is 4.99. The SMILES string of the molecule is C[CH2][GeH]([Cl])[CH2]C. The van der Waals surface area contributed by atoms with Crippen LogP contribution in [0.1, 0.15) is 13.8 Å². The van der Waals surface area contributed by atoms with E-state index in [0.29, 0.717) is 0 Å². The van der Waals surface area contributed by atoms with Crippen molar-refractivity contribution in [2.24, 2.45) is 0 Å². The molecule has 0 heterocycles. The summed E-state index contributed by atoms with van der Waals surface area (Å²) in [6, 6.07) is 0. The molecule has 0 aromatic rings. The molecule has 0 nitrogen and oxygen atoms in total. The van der Waals surface area contributed by atoms with Crippen LogP contribution in [0.3, 0.4) is 0 Å². The average molecular weight is 167 g/mol. The molecule has 0 unspecified atom stereocenters. The monoisotopic (exact) mass is 168 g/mol. The van der Waals surface area contributed by atoms with E-state index >= 15 is 0 Å². The Bertz CT molecular complexity index is 26.7. The molecule has 0 aromatic heterocycles. The molecule has 0 fully saturated rings. The fourth-order valence-electron chi connectivity index (χ4n) is 0.289. The first-order valence-electron chi connectivity index (χ1n) is 2.45. The Morgan fingerprint density at radius 3 is 1.67 bits per heavy atom. The van der Waals surface area contributed by atoms with Gasteiger partial charge in [0.15, 0.2) is 0 Å². The maximum atomic E-state index is 5.84. The Kier molecular flexibility index (Phi) is 4.56. The van der Waals surface area contributed by atoms with Gasteiger partial charge < -0.3 is 0 Å². The summed E-state index contributed by atoms with van der Waals surface area (Å²) in [5.41, 5.74) is 0. The van der Waals surface area contributed by atoms with E-state index in [-0.39, 0.29) is 0 Å². The van der Waals surface area contributed by atoms with Gasteiger partial charge in [-0.3, -0.25) is 0 Å². The average Bonchev–Trinajstić information content (AvgIpc) is 1.65. The zero-order valence-electron chi connectivity index (χ0n) is 4.37. The summed E-state index contributed by atoms with van der Waals surface area (Å²) in [4.78, 5) is 0. The standard InChI is InChI=1S/C4H11ClGe/c1-3-6(5)4-2/h6H,3-4H2,1-2H3. The number of hydrogen-bond donors (Lipinski definition) is 0. The van der Waals surface area contributed by atoms with Gasteiger partial charge in [-0.2, -0.15) is 0 Å². The molecule has 0 aliphatic rings. The number of halogens is 1. The van der Waals surface area contributed by atoms with Gasteiger partial charge in [-0.1, -0.05) is 0 Å². The minimum atomic E-state index is -1.07. The van der Waals surface area contributed by atoms with Crippen molar-refractivity contribution < 1.29 is 0 Å². The molecule has 0 saturated carbocycles. The van der Waals surface area contributed by atoms with Gasteiger partial charge in [0.25, 0.3) is 0 Å². The quantitative estimate of drug-likeness (QED) is 0.552. The van der Waals surface area contributed by atoms with Crippen LogP contribution in [0.15, 0.2) is 0 Å². The second-order valence-corrected chi connectivity index (χ2v) is 10.6. The first-order chi connectivity index (χ1) is 2.81. The van der Waals surface area contributed by atoms with Gasteiger partial charge in [-0.05, 0) is 0 Å². The maximum absolute atomic E-state index is 5.84. The predicted octanol–water partition coefficient (Wildman–Crippen LogP) is 1.99. The molecule has 0 amide bonds. The van der Waals surface area contributed by atoms with E-state index in [4.69, 9.17) is 10.0 Å². The summed E-state index contributed by atoms with van der Waals surface area (Å²) in [5, 5.41) is 2.57. The Labute approximate surface area is 48.2 Å². The van der Waals surface area contributed by atoms with Crippen molar-refractivity contribution in [2.75, 3.05) is 0 Å². The molecule has 0 radical (unpaired) electrons. The normalized spacial score (nSPS) is 10.0. The molecule has 6 heavy (non-hydrogen) atoms. The van der Waals surface area contributed by atoms with E-state index in [1.165, 1.54) is 10.5 Å². The molecule has 38 valence electrons. The van der Waals surface area contributed by atoms with Crippen molar-refractivity contribution in [1.82, 2.24) is 0 Å². The summed E-state index contributed by atoms with van der Waals surface area (Å²) in [5.74, 6) is 0. The molecular formula is C4H11ClGe. The fourth-order valence-corrected chi connectivity index (χ4v) is 1.50. The third-order valence-corrected chi connectivity index (χ3v) is 7.81. The topological polar surface area (TPSA) is 0 Å². The molecule has 0 N–H and O–H groups in total. The van der Waals surface area contributed by atoms with E-state index in [9.17, 15) is 0 Å². The van der Waals surface area contributed by atoms with Crippen LogP contribution >= 0.6 is 10.0 Å². The van der Waals surface area contributed by atoms with Gasteiger partial charge in [0.05, 0.1) is 0 Å². The molecule has 0 aliphatic heterocycles. The Morgan fingerprint density at radius 2 is 1.67 bits per heavy atom. The van der Waals surface area contributed by atoms with Crippen LogP contribution in [0.25, 0.3) is 0 Å². The van der Waals surface area contributed by atoms with Gasteiger partial charge in [0.2, 0.25) is 0 Å². The van der Waals surface area contributed by atoms with Crippen LogP contribution in [0.2, 0.25) is 10.5 Å². The molecule has 0 bridgehead atoms. The van der Waals surface area contributed by atoms with E-state index in [1.54, 1.807) is 0 Å². The predicted molar refractivity (Wildman–Crippen MR) is 34.0 cm³/mol. The van der Waals surface area contributed by atoms with Crippen LogP contribution in [-0.2, 0) is 0 Å². The molecule has 0 aromatic carbocycles. The van der Waals surface area contributed by atoms with Crippen LogP contribution in [0.4, 0.5) is 0 Å². The van der Waals surface area contributed by atoms with Crippen molar-refractivity contribution in [2.45, 2.75) is 24.4 Å². The first-order valence-corrected chi connectivity index (χ1v) is 9.06. The summed E-state index contributed by atoms with van der Waals surface area (Å²) >= 11 is -1.07. The van der Waals surface area contributed by atoms with Gasteiger partial charge >= 0.3 is 47.8 Å². The first kappa shape index (κ1) is 6.83. The molecule has 0 rings (SSSR count). The van der Waals surface area contributed by atoms with E-state index in [2.05, 4.69) is 13.8 Å². The van der Waals surface area contributed by atoms with Gasteiger partial charge in [0.1, 0.15) is 0 Å². The van der Waals surface area contributed by atoms with Crippen molar-refractivity contribution in [1.29, 1.82) is 0 Å². The second kappa shape index (κ2) is 4.00. The van der Waals surface area contributed by atoms with Crippen LogP contribution in [-0.4, -0.2) is 13.4 Å². The Morgan fingerprint density at radius 1 is 1.33 bits per heavy atom. The van der Waals surface area contributed by atoms with Crippen LogP contribution in [0, 0.1) is 0 Å². The number of hydrogen-bond acceptors (Lipinski definition) is 0. The van der Waals surface area contributed by atoms with Crippen LogP contribution < -0.4 is 0 Å². The Hall–Kier alpha value is 0.833. The number of rotatable bonds is 2. The summed E-state index contributed by atoms with van der Waals surface area (Å²) in [7, 11) is 5.84. The minimum absolute atomic E-state index is 1.07. The van der Waals surface area contributed by atoms with Crippen molar-refractivity contribution in [3.05, 3.63) is 0 Å². The van der Waals surface area contributed by atoms with E-state index < -0.39 is 13.4 Å². The molecule has 0 aliphatic carbocycles. The molecule has 0 saturated heterocycles.